The fourth-order valence-electron chi connectivity index (χ4n) is 1.55. The molecule has 94 valence electrons. The third-order valence-electron chi connectivity index (χ3n) is 2.40. The first-order chi connectivity index (χ1) is 8.69. The average Bonchev–Trinajstić information content (AvgIpc) is 2.81. The van der Waals surface area contributed by atoms with E-state index in [9.17, 15) is 4.79 Å². The van der Waals surface area contributed by atoms with E-state index in [2.05, 4.69) is 5.10 Å². The Balaban J connectivity index is 2.06. The van der Waals surface area contributed by atoms with Gasteiger partial charge in [-0.3, -0.25) is 4.68 Å². The minimum Gasteiger partial charge on any atom is -0.462 e. The molecular formula is C13H13ClN2O2. The predicted octanol–water partition coefficient (Wildman–Crippen LogP) is 2.76. The van der Waals surface area contributed by atoms with Gasteiger partial charge in [0.05, 0.1) is 24.9 Å². The highest BCUT2D eigenvalue weighted by Gasteiger charge is 2.09. The van der Waals surface area contributed by atoms with Gasteiger partial charge < -0.3 is 4.74 Å². The van der Waals surface area contributed by atoms with E-state index in [-0.39, 0.29) is 5.97 Å². The van der Waals surface area contributed by atoms with Gasteiger partial charge in [-0.2, -0.15) is 5.10 Å². The lowest BCUT2D eigenvalue weighted by Gasteiger charge is -2.01. The minimum absolute atomic E-state index is 0.347. The maximum Gasteiger partial charge on any atom is 0.341 e. The summed E-state index contributed by atoms with van der Waals surface area (Å²) in [6, 6.07) is 7.50. The molecule has 18 heavy (non-hydrogen) atoms. The normalized spacial score (nSPS) is 10.3. The molecule has 1 heterocycles. The molecule has 0 unspecified atom stereocenters. The number of nitrogens with zero attached hydrogens (tertiary/aromatic N) is 2. The molecule has 0 amide bonds. The number of aromatic nitrogens is 2. The molecule has 0 bridgehead atoms. The smallest absolute Gasteiger partial charge is 0.341 e. The van der Waals surface area contributed by atoms with Gasteiger partial charge in [0, 0.05) is 11.2 Å². The van der Waals surface area contributed by atoms with Gasteiger partial charge in [0.25, 0.3) is 0 Å². The van der Waals surface area contributed by atoms with E-state index in [1.165, 1.54) is 6.20 Å². The summed E-state index contributed by atoms with van der Waals surface area (Å²) < 4.78 is 6.59. The van der Waals surface area contributed by atoms with E-state index in [1.54, 1.807) is 17.8 Å². The molecule has 5 heteroatoms. The minimum atomic E-state index is -0.347. The number of carbonyl (C=O) groups excluding carboxylic acids is 1. The SMILES string of the molecule is CCOC(=O)c1cnn(Cc2ccc(Cl)cc2)c1. The second kappa shape index (κ2) is 5.69. The van der Waals surface area contributed by atoms with Crippen LogP contribution in [0.25, 0.3) is 0 Å². The molecule has 1 aromatic carbocycles. The molecule has 0 aliphatic rings. The van der Waals surface area contributed by atoms with E-state index in [0.29, 0.717) is 23.7 Å². The Kier molecular flexibility index (Phi) is 3.99. The number of halogens is 1. The lowest BCUT2D eigenvalue weighted by Crippen LogP contribution is -2.04. The molecule has 0 radical (unpaired) electrons. The molecule has 0 saturated carbocycles. The summed E-state index contributed by atoms with van der Waals surface area (Å²) in [5, 5.41) is 4.82. The highest BCUT2D eigenvalue weighted by atomic mass is 35.5. The number of rotatable bonds is 4. The zero-order chi connectivity index (χ0) is 13.0. The summed E-state index contributed by atoms with van der Waals surface area (Å²) in [5.41, 5.74) is 1.53. The quantitative estimate of drug-likeness (QED) is 0.798. The van der Waals surface area contributed by atoms with Crippen molar-refractivity contribution >= 4 is 17.6 Å². The molecule has 0 aliphatic heterocycles. The zero-order valence-electron chi connectivity index (χ0n) is 9.97. The summed E-state index contributed by atoms with van der Waals surface area (Å²) >= 11 is 5.81. The molecule has 0 atom stereocenters. The molecule has 0 N–H and O–H groups in total. The number of benzene rings is 1. The van der Waals surface area contributed by atoms with E-state index in [1.807, 2.05) is 24.3 Å². The van der Waals surface area contributed by atoms with Crippen LogP contribution in [0.5, 0.6) is 0 Å². The molecule has 2 rings (SSSR count). The summed E-state index contributed by atoms with van der Waals surface area (Å²) in [7, 11) is 0. The van der Waals surface area contributed by atoms with Gasteiger partial charge in [0.2, 0.25) is 0 Å². The van der Waals surface area contributed by atoms with Crippen molar-refractivity contribution in [1.82, 2.24) is 9.78 Å². The van der Waals surface area contributed by atoms with Gasteiger partial charge in [0.1, 0.15) is 0 Å². The Morgan fingerprint density at radius 3 is 2.78 bits per heavy atom. The molecule has 0 saturated heterocycles. The highest BCUT2D eigenvalue weighted by Crippen LogP contribution is 2.11. The highest BCUT2D eigenvalue weighted by molar-refractivity contribution is 6.30. The standard InChI is InChI=1S/C13H13ClN2O2/c1-2-18-13(17)11-7-15-16(9-11)8-10-3-5-12(14)6-4-10/h3-7,9H,2,8H2,1H3. The van der Waals surface area contributed by atoms with Crippen LogP contribution in [0.1, 0.15) is 22.8 Å². The van der Waals surface area contributed by atoms with Crippen molar-refractivity contribution in [3.05, 3.63) is 52.8 Å². The zero-order valence-corrected chi connectivity index (χ0v) is 10.7. The number of esters is 1. The first-order valence-electron chi connectivity index (χ1n) is 5.63. The number of hydrogen-bond acceptors (Lipinski definition) is 3. The third kappa shape index (κ3) is 3.11. The molecular weight excluding hydrogens is 252 g/mol. The Labute approximate surface area is 110 Å². The molecule has 2 aromatic rings. The summed E-state index contributed by atoms with van der Waals surface area (Å²) in [5.74, 6) is -0.347. The van der Waals surface area contributed by atoms with Crippen molar-refractivity contribution < 1.29 is 9.53 Å². The van der Waals surface area contributed by atoms with Gasteiger partial charge in [-0.15, -0.1) is 0 Å². The van der Waals surface area contributed by atoms with Crippen LogP contribution in [0, 0.1) is 0 Å². The van der Waals surface area contributed by atoms with Crippen LogP contribution < -0.4 is 0 Å². The fraction of sp³-hybridized carbons (Fsp3) is 0.231. The van der Waals surface area contributed by atoms with Crippen molar-refractivity contribution in [2.75, 3.05) is 6.61 Å². The Bertz CT molecular complexity index is 534. The third-order valence-corrected chi connectivity index (χ3v) is 2.65. The van der Waals surface area contributed by atoms with Crippen LogP contribution in [0.3, 0.4) is 0 Å². The molecule has 0 spiro atoms. The number of carbonyl (C=O) groups is 1. The fourth-order valence-corrected chi connectivity index (χ4v) is 1.67. The first kappa shape index (κ1) is 12.6. The van der Waals surface area contributed by atoms with E-state index >= 15 is 0 Å². The maximum absolute atomic E-state index is 11.5. The van der Waals surface area contributed by atoms with Gasteiger partial charge in [-0.1, -0.05) is 23.7 Å². The topological polar surface area (TPSA) is 44.1 Å². The van der Waals surface area contributed by atoms with Crippen molar-refractivity contribution in [3.8, 4) is 0 Å². The van der Waals surface area contributed by atoms with Crippen molar-refractivity contribution in [2.45, 2.75) is 13.5 Å². The largest absolute Gasteiger partial charge is 0.462 e. The lowest BCUT2D eigenvalue weighted by atomic mass is 10.2. The van der Waals surface area contributed by atoms with Crippen LogP contribution in [-0.4, -0.2) is 22.4 Å². The number of ether oxygens (including phenoxy) is 1. The number of hydrogen-bond donors (Lipinski definition) is 0. The van der Waals surface area contributed by atoms with Gasteiger partial charge >= 0.3 is 5.97 Å². The van der Waals surface area contributed by atoms with Crippen LogP contribution >= 0.6 is 11.6 Å². The van der Waals surface area contributed by atoms with Gasteiger partial charge in [0.15, 0.2) is 0 Å². The van der Waals surface area contributed by atoms with E-state index in [0.717, 1.165) is 5.56 Å². The molecule has 4 nitrogen and oxygen atoms in total. The van der Waals surface area contributed by atoms with Gasteiger partial charge in [-0.25, -0.2) is 4.79 Å². The van der Waals surface area contributed by atoms with Crippen LogP contribution in [0.4, 0.5) is 0 Å². The Morgan fingerprint density at radius 1 is 1.39 bits per heavy atom. The predicted molar refractivity (Wildman–Crippen MR) is 68.7 cm³/mol. The lowest BCUT2D eigenvalue weighted by molar-refractivity contribution is 0.0526. The van der Waals surface area contributed by atoms with Crippen LogP contribution in [-0.2, 0) is 11.3 Å². The second-order valence-electron chi connectivity index (χ2n) is 3.77. The van der Waals surface area contributed by atoms with Crippen molar-refractivity contribution in [3.63, 3.8) is 0 Å². The molecule has 0 fully saturated rings. The summed E-state index contributed by atoms with van der Waals surface area (Å²) in [6.07, 6.45) is 3.18. The van der Waals surface area contributed by atoms with Crippen molar-refractivity contribution in [1.29, 1.82) is 0 Å². The Morgan fingerprint density at radius 2 is 2.11 bits per heavy atom. The van der Waals surface area contributed by atoms with Crippen LogP contribution in [0.15, 0.2) is 36.7 Å². The van der Waals surface area contributed by atoms with E-state index in [4.69, 9.17) is 16.3 Å². The second-order valence-corrected chi connectivity index (χ2v) is 4.21. The van der Waals surface area contributed by atoms with E-state index < -0.39 is 0 Å². The van der Waals surface area contributed by atoms with Gasteiger partial charge in [-0.05, 0) is 24.6 Å². The summed E-state index contributed by atoms with van der Waals surface area (Å²) in [4.78, 5) is 11.5. The van der Waals surface area contributed by atoms with Crippen molar-refractivity contribution in [2.24, 2.45) is 0 Å². The molecule has 0 aliphatic carbocycles. The van der Waals surface area contributed by atoms with Crippen LogP contribution in [0.2, 0.25) is 5.02 Å². The average molecular weight is 265 g/mol. The summed E-state index contributed by atoms with van der Waals surface area (Å²) in [6.45, 7) is 2.73. The first-order valence-corrected chi connectivity index (χ1v) is 6.01. The monoisotopic (exact) mass is 264 g/mol. The molecule has 1 aromatic heterocycles. The Hall–Kier alpha value is -1.81. The maximum atomic E-state index is 11.5.